The maximum Gasteiger partial charge on any atom is 0.221 e. The van der Waals surface area contributed by atoms with E-state index in [1.165, 1.54) is 0 Å². The first-order valence-electron chi connectivity index (χ1n) is 8.66. The van der Waals surface area contributed by atoms with Crippen molar-refractivity contribution in [1.82, 2.24) is 26.1 Å². The molecule has 24 heavy (non-hydrogen) atoms. The molecular formula is C18H27N5O. The first kappa shape index (κ1) is 16.9. The molecule has 1 aliphatic heterocycles. The smallest absolute Gasteiger partial charge is 0.221 e. The highest BCUT2D eigenvalue weighted by Crippen LogP contribution is 2.24. The molecule has 0 spiro atoms. The van der Waals surface area contributed by atoms with Crippen LogP contribution in [0.25, 0.3) is 11.0 Å². The first-order valence-corrected chi connectivity index (χ1v) is 8.66. The van der Waals surface area contributed by atoms with Crippen molar-refractivity contribution in [2.24, 2.45) is 5.41 Å². The highest BCUT2D eigenvalue weighted by Gasteiger charge is 2.32. The zero-order chi connectivity index (χ0) is 17.2. The Morgan fingerprint density at radius 1 is 1.29 bits per heavy atom. The van der Waals surface area contributed by atoms with Gasteiger partial charge in [0.1, 0.15) is 5.82 Å². The van der Waals surface area contributed by atoms with Crippen LogP contribution in [0.5, 0.6) is 0 Å². The van der Waals surface area contributed by atoms with Gasteiger partial charge in [0.05, 0.1) is 17.2 Å². The van der Waals surface area contributed by atoms with E-state index in [1.54, 1.807) is 0 Å². The quantitative estimate of drug-likeness (QED) is 0.678. The lowest BCUT2D eigenvalue weighted by Crippen LogP contribution is -2.45. The molecule has 3 rings (SSSR count). The molecule has 0 bridgehead atoms. The minimum absolute atomic E-state index is 0.00734. The van der Waals surface area contributed by atoms with Gasteiger partial charge in [0.2, 0.25) is 5.91 Å². The van der Waals surface area contributed by atoms with E-state index < -0.39 is 0 Å². The number of aryl methyl sites for hydroxylation is 1. The number of para-hydroxylation sites is 2. The van der Waals surface area contributed by atoms with Gasteiger partial charge in [-0.3, -0.25) is 10.2 Å². The fourth-order valence-electron chi connectivity index (χ4n) is 3.03. The van der Waals surface area contributed by atoms with Crippen LogP contribution in [0.3, 0.4) is 0 Å². The van der Waals surface area contributed by atoms with Crippen molar-refractivity contribution < 1.29 is 4.79 Å². The van der Waals surface area contributed by atoms with E-state index in [4.69, 9.17) is 0 Å². The summed E-state index contributed by atoms with van der Waals surface area (Å²) in [4.78, 5) is 19.9. The number of fused-ring (bicyclic) bond motifs is 1. The number of hydrogen-bond donors (Lipinski definition) is 4. The third-order valence-corrected chi connectivity index (χ3v) is 4.54. The van der Waals surface area contributed by atoms with Crippen LogP contribution in [-0.4, -0.2) is 28.1 Å². The predicted octanol–water partition coefficient (Wildman–Crippen LogP) is 2.24. The molecule has 6 heteroatoms. The molecule has 6 nitrogen and oxygen atoms in total. The van der Waals surface area contributed by atoms with Crippen molar-refractivity contribution in [2.75, 3.05) is 0 Å². The minimum Gasteiger partial charge on any atom is -0.342 e. The minimum atomic E-state index is 0.00734. The van der Waals surface area contributed by atoms with Crippen molar-refractivity contribution >= 4 is 16.9 Å². The highest BCUT2D eigenvalue weighted by molar-refractivity contribution is 5.76. The van der Waals surface area contributed by atoms with E-state index in [2.05, 4.69) is 46.9 Å². The lowest BCUT2D eigenvalue weighted by atomic mass is 9.85. The lowest BCUT2D eigenvalue weighted by Gasteiger charge is -2.25. The van der Waals surface area contributed by atoms with Crippen molar-refractivity contribution in [3.63, 3.8) is 0 Å². The van der Waals surface area contributed by atoms with Gasteiger partial charge in [0.25, 0.3) is 0 Å². The van der Waals surface area contributed by atoms with Gasteiger partial charge < -0.3 is 10.3 Å². The van der Waals surface area contributed by atoms with Gasteiger partial charge in [0, 0.05) is 18.9 Å². The van der Waals surface area contributed by atoms with Gasteiger partial charge in [-0.05, 0) is 30.4 Å². The van der Waals surface area contributed by atoms with Crippen LogP contribution in [0, 0.1) is 5.41 Å². The average molecular weight is 329 g/mol. The lowest BCUT2D eigenvalue weighted by molar-refractivity contribution is -0.122. The van der Waals surface area contributed by atoms with Crippen LogP contribution >= 0.6 is 0 Å². The summed E-state index contributed by atoms with van der Waals surface area (Å²) < 4.78 is 0. The number of H-pyrrole nitrogens is 1. The predicted molar refractivity (Wildman–Crippen MR) is 95.1 cm³/mol. The van der Waals surface area contributed by atoms with Gasteiger partial charge in [-0.25, -0.2) is 10.4 Å². The summed E-state index contributed by atoms with van der Waals surface area (Å²) in [6.45, 7) is 6.59. The monoisotopic (exact) mass is 329 g/mol. The molecule has 1 fully saturated rings. The molecule has 2 heterocycles. The number of imidazole rings is 1. The zero-order valence-electron chi connectivity index (χ0n) is 14.6. The van der Waals surface area contributed by atoms with Gasteiger partial charge in [-0.15, -0.1) is 0 Å². The Balaban J connectivity index is 1.41. The second-order valence-corrected chi connectivity index (χ2v) is 7.62. The Morgan fingerprint density at radius 2 is 2.08 bits per heavy atom. The molecule has 1 aromatic heterocycles. The molecule has 2 atom stereocenters. The average Bonchev–Trinajstić information content (AvgIpc) is 3.12. The highest BCUT2D eigenvalue weighted by atomic mass is 16.1. The number of hydrazine groups is 1. The number of benzene rings is 1. The maximum atomic E-state index is 12.1. The Hall–Kier alpha value is -1.92. The van der Waals surface area contributed by atoms with E-state index in [1.807, 2.05) is 24.3 Å². The van der Waals surface area contributed by atoms with Gasteiger partial charge in [-0.1, -0.05) is 32.9 Å². The summed E-state index contributed by atoms with van der Waals surface area (Å²) in [5, 5.41) is 3.05. The number of aromatic nitrogens is 2. The molecule has 1 amide bonds. The summed E-state index contributed by atoms with van der Waals surface area (Å²) in [6, 6.07) is 8.34. The van der Waals surface area contributed by atoms with Crippen LogP contribution in [-0.2, 0) is 11.2 Å². The Bertz CT molecular complexity index is 670. The summed E-state index contributed by atoms with van der Waals surface area (Å²) in [5.41, 5.74) is 8.64. The van der Waals surface area contributed by atoms with E-state index in [9.17, 15) is 4.79 Å². The number of carbonyl (C=O) groups is 1. The van der Waals surface area contributed by atoms with Gasteiger partial charge in [0.15, 0.2) is 0 Å². The third kappa shape index (κ3) is 4.13. The van der Waals surface area contributed by atoms with E-state index in [0.717, 1.165) is 36.1 Å². The van der Waals surface area contributed by atoms with E-state index >= 15 is 0 Å². The van der Waals surface area contributed by atoms with E-state index in [0.29, 0.717) is 12.5 Å². The fraction of sp³-hybridized carbons (Fsp3) is 0.556. The topological polar surface area (TPSA) is 81.8 Å². The zero-order valence-corrected chi connectivity index (χ0v) is 14.6. The van der Waals surface area contributed by atoms with Crippen molar-refractivity contribution in [3.8, 4) is 0 Å². The second kappa shape index (κ2) is 6.91. The molecule has 1 saturated heterocycles. The standard InChI is InChI=1S/C18H27N5O/c1-18(2,3)14-11-16(23-22-14)21-17(24)10-6-9-15-19-12-7-4-5-8-13(12)20-15/h4-5,7-8,14,16,22-23H,6,9-11H2,1-3H3,(H,19,20)(H,21,24). The fourth-order valence-corrected chi connectivity index (χ4v) is 3.03. The van der Waals surface area contributed by atoms with Crippen LogP contribution in [0.4, 0.5) is 0 Å². The van der Waals surface area contributed by atoms with Gasteiger partial charge in [-0.2, -0.15) is 0 Å². The van der Waals surface area contributed by atoms with Crippen LogP contribution in [0.2, 0.25) is 0 Å². The third-order valence-electron chi connectivity index (χ3n) is 4.54. The number of nitrogens with zero attached hydrogens (tertiary/aromatic N) is 1. The molecule has 2 unspecified atom stereocenters. The van der Waals surface area contributed by atoms with E-state index in [-0.39, 0.29) is 17.5 Å². The molecule has 4 N–H and O–H groups in total. The van der Waals surface area contributed by atoms with Crippen molar-refractivity contribution in [2.45, 2.75) is 58.7 Å². The molecule has 1 aromatic carbocycles. The molecule has 0 aliphatic carbocycles. The first-order chi connectivity index (χ1) is 11.4. The van der Waals surface area contributed by atoms with Crippen molar-refractivity contribution in [1.29, 1.82) is 0 Å². The SMILES string of the molecule is CC(C)(C)C1CC(NC(=O)CCCc2nc3ccccc3[nH]2)NN1. The number of aromatic amines is 1. The summed E-state index contributed by atoms with van der Waals surface area (Å²) >= 11 is 0. The normalized spacial score (nSPS) is 21.3. The number of hydrogen-bond acceptors (Lipinski definition) is 4. The molecule has 1 aliphatic rings. The largest absolute Gasteiger partial charge is 0.342 e. The maximum absolute atomic E-state index is 12.1. The summed E-state index contributed by atoms with van der Waals surface area (Å²) in [6.07, 6.45) is 2.99. The Labute approximate surface area is 142 Å². The van der Waals surface area contributed by atoms with Gasteiger partial charge >= 0.3 is 0 Å². The molecular weight excluding hydrogens is 302 g/mol. The Morgan fingerprint density at radius 3 is 2.79 bits per heavy atom. The molecule has 0 radical (unpaired) electrons. The number of carbonyl (C=O) groups excluding carboxylic acids is 1. The Kier molecular flexibility index (Phi) is 4.87. The molecule has 130 valence electrons. The summed E-state index contributed by atoms with van der Waals surface area (Å²) in [5.74, 6) is 1.03. The number of amides is 1. The van der Waals surface area contributed by atoms with Crippen LogP contribution in [0.1, 0.15) is 45.9 Å². The number of rotatable bonds is 5. The van der Waals surface area contributed by atoms with Crippen LogP contribution in [0.15, 0.2) is 24.3 Å². The second-order valence-electron chi connectivity index (χ2n) is 7.62. The molecule has 2 aromatic rings. The van der Waals surface area contributed by atoms with Crippen LogP contribution < -0.4 is 16.2 Å². The number of nitrogens with one attached hydrogen (secondary N) is 4. The van der Waals surface area contributed by atoms with Crippen molar-refractivity contribution in [3.05, 3.63) is 30.1 Å². The molecule has 0 saturated carbocycles. The summed E-state index contributed by atoms with van der Waals surface area (Å²) in [7, 11) is 0.